The molecule has 0 saturated heterocycles. The molecule has 0 aromatic rings. The van der Waals surface area contributed by atoms with Gasteiger partial charge < -0.3 is 60.3 Å². The third kappa shape index (κ3) is 1620. The van der Waals surface area contributed by atoms with Gasteiger partial charge in [-0.05, 0) is 0 Å². The van der Waals surface area contributed by atoms with Crippen LogP contribution in [0.25, 0.3) is 0 Å². The molecule has 0 aliphatic heterocycles. The summed E-state index contributed by atoms with van der Waals surface area (Å²) in [6.45, 7) is 0. The Morgan fingerprint density at radius 3 is 0.263 bits per heavy atom. The van der Waals surface area contributed by atoms with Crippen molar-refractivity contribution in [1.82, 2.24) is 0 Å². The van der Waals surface area contributed by atoms with Gasteiger partial charge in [0.15, 0.2) is 0 Å². The maximum atomic E-state index is 8.42. The summed E-state index contributed by atoms with van der Waals surface area (Å²) in [5, 5.41) is 101. The molecule has 0 bridgehead atoms. The van der Waals surface area contributed by atoms with E-state index in [1.165, 1.54) is 0 Å². The third-order valence-corrected chi connectivity index (χ3v) is 0. The SMILES string of the molecule is [O-]B([O-])[O-].[O-]B([O-])[O-].[O-]B([O-])[O-].[O-]B([O-])[O-].[Ta+4].[Ta+4].[Ta+4]. The monoisotopic (exact) mass is 779 g/mol. The standard InChI is InChI=1S/4BO3.3Ta/c4*2-1(3)4;;;/q4*-3;3*+4. The van der Waals surface area contributed by atoms with Gasteiger partial charge in [0, 0.05) is 0 Å². The average Bonchev–Trinajstić information content (AvgIpc) is 1.76. The first-order valence-corrected chi connectivity index (χ1v) is 2.83. The van der Waals surface area contributed by atoms with Crippen molar-refractivity contribution in [1.29, 1.82) is 0 Å². The van der Waals surface area contributed by atoms with Gasteiger partial charge in [-0.2, -0.15) is 0 Å². The van der Waals surface area contributed by atoms with Crippen molar-refractivity contribution in [3.8, 4) is 0 Å². The molecule has 19 heavy (non-hydrogen) atoms. The van der Waals surface area contributed by atoms with E-state index >= 15 is 0 Å². The summed E-state index contributed by atoms with van der Waals surface area (Å²) in [6.07, 6.45) is 0. The summed E-state index contributed by atoms with van der Waals surface area (Å²) in [6, 6.07) is 0. The maximum Gasteiger partial charge on any atom is 4.00 e. The molecule has 0 rings (SSSR count). The smallest absolute Gasteiger partial charge is 0.907 e. The van der Waals surface area contributed by atoms with Crippen molar-refractivity contribution >= 4 is 29.3 Å². The van der Waals surface area contributed by atoms with Crippen LogP contribution in [0, 0.1) is 0 Å². The van der Waals surface area contributed by atoms with Gasteiger partial charge in [0.1, 0.15) is 0 Å². The molecule has 19 heteroatoms. The predicted molar refractivity (Wildman–Crippen MR) is 23.0 cm³/mol. The van der Waals surface area contributed by atoms with Gasteiger partial charge in [-0.1, -0.05) is 0 Å². The first-order chi connectivity index (χ1) is 6.93. The molecule has 0 atom stereocenters. The van der Waals surface area contributed by atoms with Crippen molar-refractivity contribution in [3.05, 3.63) is 0 Å². The minimum absolute atomic E-state index is 0. The number of hydrogen-bond donors (Lipinski definition) is 0. The maximum absolute atomic E-state index is 8.42. The van der Waals surface area contributed by atoms with E-state index in [-0.39, 0.29) is 67.1 Å². The Kier molecular flexibility index (Phi) is 83.1. The average molecular weight is 778 g/mol. The molecule has 0 fully saturated rings. The van der Waals surface area contributed by atoms with Crippen LogP contribution in [-0.2, 0) is 67.1 Å². The topological polar surface area (TPSA) is 277 Å². The fourth-order valence-electron chi connectivity index (χ4n) is 0. The quantitative estimate of drug-likeness (QED) is 0.207. The van der Waals surface area contributed by atoms with Gasteiger partial charge >= 0.3 is 67.1 Å². The minimum atomic E-state index is -2.92. The summed E-state index contributed by atoms with van der Waals surface area (Å²) >= 11 is 0. The minimum Gasteiger partial charge on any atom is -0.907 e. The molecular weight excluding hydrogens is 778 g/mol. The van der Waals surface area contributed by atoms with Crippen molar-refractivity contribution in [2.75, 3.05) is 0 Å². The van der Waals surface area contributed by atoms with Gasteiger partial charge in [-0.25, -0.2) is 0 Å². The van der Waals surface area contributed by atoms with Crippen LogP contribution < -0.4 is 60.3 Å². The van der Waals surface area contributed by atoms with E-state index in [4.69, 9.17) is 60.3 Å². The Balaban J connectivity index is -0.0000000192. The first-order valence-electron chi connectivity index (χ1n) is 2.83. The fraction of sp³-hybridized carbons (Fsp3) is 0. The Bertz CT molecular complexity index is 68.0. The molecule has 0 N–H and O–H groups in total. The van der Waals surface area contributed by atoms with Crippen LogP contribution in [0.3, 0.4) is 0 Å². The van der Waals surface area contributed by atoms with Crippen LogP contribution in [0.15, 0.2) is 0 Å². The van der Waals surface area contributed by atoms with E-state index in [9.17, 15) is 0 Å². The van der Waals surface area contributed by atoms with Crippen molar-refractivity contribution < 1.29 is 127 Å². The van der Waals surface area contributed by atoms with E-state index in [2.05, 4.69) is 0 Å². The molecule has 0 aliphatic carbocycles. The zero-order chi connectivity index (χ0) is 14.3. The number of rotatable bonds is 0. The van der Waals surface area contributed by atoms with Crippen LogP contribution in [-0.4, -0.2) is 29.3 Å². The van der Waals surface area contributed by atoms with Gasteiger partial charge in [0.05, 0.1) is 0 Å². The number of hydrogen-bond acceptors (Lipinski definition) is 12. The fourth-order valence-corrected chi connectivity index (χ4v) is 0. The van der Waals surface area contributed by atoms with E-state index in [1.54, 1.807) is 0 Å². The van der Waals surface area contributed by atoms with Crippen molar-refractivity contribution in [2.24, 2.45) is 0 Å². The van der Waals surface area contributed by atoms with E-state index in [0.29, 0.717) is 0 Å². The predicted octanol–water partition coefficient (Wildman–Crippen LogP) is -15.8. The second kappa shape index (κ2) is 36.8. The molecule has 99 valence electrons. The van der Waals surface area contributed by atoms with E-state index in [0.717, 1.165) is 0 Å². The largest absolute Gasteiger partial charge is 4.00 e. The van der Waals surface area contributed by atoms with Crippen LogP contribution in [0.5, 0.6) is 0 Å². The van der Waals surface area contributed by atoms with E-state index < -0.39 is 29.3 Å². The third-order valence-electron chi connectivity index (χ3n) is 0. The van der Waals surface area contributed by atoms with Gasteiger partial charge in [0.25, 0.3) is 0 Å². The normalized spacial score (nSPS) is 5.68. The summed E-state index contributed by atoms with van der Waals surface area (Å²) < 4.78 is 0. The van der Waals surface area contributed by atoms with Gasteiger partial charge in [0.2, 0.25) is 0 Å². The zero-order valence-electron chi connectivity index (χ0n) is 8.55. The molecule has 0 aromatic carbocycles. The second-order valence-corrected chi connectivity index (χ2v) is 1.15. The van der Waals surface area contributed by atoms with Gasteiger partial charge in [-0.15, -0.1) is 0 Å². The summed E-state index contributed by atoms with van der Waals surface area (Å²) in [4.78, 5) is 0. The molecule has 12 nitrogen and oxygen atoms in total. The Labute approximate surface area is 156 Å². The van der Waals surface area contributed by atoms with Crippen molar-refractivity contribution in [3.63, 3.8) is 0 Å². The van der Waals surface area contributed by atoms with Gasteiger partial charge in [-0.3, -0.25) is 29.3 Å². The molecular formula is B4O12Ta3. The Morgan fingerprint density at radius 1 is 0.263 bits per heavy atom. The zero-order valence-corrected chi connectivity index (χ0v) is 18.2. The van der Waals surface area contributed by atoms with Crippen LogP contribution in [0.1, 0.15) is 0 Å². The van der Waals surface area contributed by atoms with Crippen molar-refractivity contribution in [2.45, 2.75) is 0 Å². The molecule has 3 radical (unpaired) electrons. The molecule has 0 spiro atoms. The summed E-state index contributed by atoms with van der Waals surface area (Å²) in [5.74, 6) is 0. The second-order valence-electron chi connectivity index (χ2n) is 1.15. The summed E-state index contributed by atoms with van der Waals surface area (Å²) in [5.41, 5.74) is 0. The molecule has 0 amide bonds. The van der Waals surface area contributed by atoms with Crippen LogP contribution >= 0.6 is 0 Å². The van der Waals surface area contributed by atoms with Crippen LogP contribution in [0.4, 0.5) is 0 Å². The van der Waals surface area contributed by atoms with E-state index in [1.807, 2.05) is 0 Å². The first kappa shape index (κ1) is 42.9. The molecule has 0 aliphatic rings. The molecule has 0 unspecified atom stereocenters. The molecule has 0 aromatic heterocycles. The Hall–Kier alpha value is 2.00. The Morgan fingerprint density at radius 2 is 0.263 bits per heavy atom. The summed E-state index contributed by atoms with van der Waals surface area (Å²) in [7, 11) is -11.7. The molecule has 0 heterocycles. The molecule has 0 saturated carbocycles. The van der Waals surface area contributed by atoms with Crippen LogP contribution in [0.2, 0.25) is 0 Å².